The number of rotatable bonds is 5. The highest BCUT2D eigenvalue weighted by Crippen LogP contribution is 2.29. The van der Waals surface area contributed by atoms with E-state index in [2.05, 4.69) is 41.0 Å². The highest BCUT2D eigenvalue weighted by Gasteiger charge is 2.19. The summed E-state index contributed by atoms with van der Waals surface area (Å²) in [6.07, 6.45) is 4.02. The lowest BCUT2D eigenvalue weighted by molar-refractivity contribution is 0.252. The number of benzene rings is 1. The van der Waals surface area contributed by atoms with Gasteiger partial charge in [0.1, 0.15) is 0 Å². The molecule has 1 aromatic heterocycles. The first-order valence-corrected chi connectivity index (χ1v) is 8.51. The fourth-order valence-corrected chi connectivity index (χ4v) is 3.76. The van der Waals surface area contributed by atoms with Crippen molar-refractivity contribution in [1.82, 2.24) is 9.88 Å². The fourth-order valence-electron chi connectivity index (χ4n) is 2.74. The Balaban J connectivity index is 1.57. The van der Waals surface area contributed by atoms with E-state index in [1.54, 1.807) is 0 Å². The minimum atomic E-state index is 1.12. The number of hydrogen-bond acceptors (Lipinski definition) is 4. The Kier molecular flexibility index (Phi) is 4.53. The van der Waals surface area contributed by atoms with Crippen LogP contribution >= 0.6 is 11.3 Å². The van der Waals surface area contributed by atoms with Gasteiger partial charge in [-0.1, -0.05) is 43.2 Å². The molecule has 0 amide bonds. The third kappa shape index (κ3) is 3.13. The fraction of sp³-hybridized carbons (Fsp3) is 0.562. The molecule has 3 rings (SSSR count). The summed E-state index contributed by atoms with van der Waals surface area (Å²) in [5.74, 6) is 0. The zero-order valence-corrected chi connectivity index (χ0v) is 13.0. The van der Waals surface area contributed by atoms with Crippen LogP contribution in [0.1, 0.15) is 26.2 Å². The van der Waals surface area contributed by atoms with Crippen molar-refractivity contribution in [3.63, 3.8) is 0 Å². The molecule has 1 aliphatic rings. The molecule has 20 heavy (non-hydrogen) atoms. The van der Waals surface area contributed by atoms with E-state index in [-0.39, 0.29) is 0 Å². The van der Waals surface area contributed by atoms with E-state index >= 15 is 0 Å². The summed E-state index contributed by atoms with van der Waals surface area (Å²) in [5, 5.41) is 1.19. The van der Waals surface area contributed by atoms with E-state index in [4.69, 9.17) is 4.98 Å². The molecule has 2 aromatic rings. The number of piperazine rings is 1. The molecule has 0 unspecified atom stereocenters. The van der Waals surface area contributed by atoms with Crippen molar-refractivity contribution < 1.29 is 0 Å². The van der Waals surface area contributed by atoms with Gasteiger partial charge in [0, 0.05) is 26.2 Å². The van der Waals surface area contributed by atoms with Gasteiger partial charge >= 0.3 is 0 Å². The summed E-state index contributed by atoms with van der Waals surface area (Å²) in [5.41, 5.74) is 1.14. The summed E-state index contributed by atoms with van der Waals surface area (Å²) in [7, 11) is 0. The number of aromatic nitrogens is 1. The van der Waals surface area contributed by atoms with Crippen LogP contribution in [0.5, 0.6) is 0 Å². The second kappa shape index (κ2) is 6.55. The van der Waals surface area contributed by atoms with Crippen LogP contribution in [-0.4, -0.2) is 42.6 Å². The lowest BCUT2D eigenvalue weighted by Gasteiger charge is -2.34. The Labute approximate surface area is 125 Å². The average molecular weight is 289 g/mol. The molecule has 0 bridgehead atoms. The standard InChI is InChI=1S/C16H23N3S/c1-2-3-6-9-18-10-12-19(13-11-18)16-17-14-7-4-5-8-15(14)20-16/h4-5,7-8H,2-3,6,9-13H2,1H3. The van der Waals surface area contributed by atoms with E-state index < -0.39 is 0 Å². The number of thiazole rings is 1. The lowest BCUT2D eigenvalue weighted by Crippen LogP contribution is -2.46. The third-order valence-electron chi connectivity index (χ3n) is 4.00. The molecule has 1 fully saturated rings. The molecule has 0 aliphatic carbocycles. The van der Waals surface area contributed by atoms with E-state index in [1.807, 2.05) is 11.3 Å². The van der Waals surface area contributed by atoms with Crippen LogP contribution in [0.4, 0.5) is 5.13 Å². The lowest BCUT2D eigenvalue weighted by atomic mass is 10.2. The highest BCUT2D eigenvalue weighted by atomic mass is 32.1. The van der Waals surface area contributed by atoms with Crippen molar-refractivity contribution in [1.29, 1.82) is 0 Å². The summed E-state index contributed by atoms with van der Waals surface area (Å²) in [6, 6.07) is 8.43. The van der Waals surface area contributed by atoms with Crippen molar-refractivity contribution in [2.24, 2.45) is 0 Å². The monoisotopic (exact) mass is 289 g/mol. The predicted octanol–water partition coefficient (Wildman–Crippen LogP) is 3.61. The topological polar surface area (TPSA) is 19.4 Å². The van der Waals surface area contributed by atoms with Gasteiger partial charge in [-0.2, -0.15) is 0 Å². The normalized spacial score (nSPS) is 16.9. The Morgan fingerprint density at radius 3 is 2.65 bits per heavy atom. The summed E-state index contributed by atoms with van der Waals surface area (Å²) >= 11 is 1.82. The number of unbranched alkanes of at least 4 members (excludes halogenated alkanes) is 2. The van der Waals surface area contributed by atoms with Gasteiger partial charge in [-0.15, -0.1) is 0 Å². The number of hydrogen-bond donors (Lipinski definition) is 0. The van der Waals surface area contributed by atoms with E-state index in [0.29, 0.717) is 0 Å². The number of nitrogens with zero attached hydrogens (tertiary/aromatic N) is 3. The van der Waals surface area contributed by atoms with Gasteiger partial charge in [0.2, 0.25) is 0 Å². The van der Waals surface area contributed by atoms with Crippen LogP contribution in [0, 0.1) is 0 Å². The molecular weight excluding hydrogens is 266 g/mol. The Hall–Kier alpha value is -1.13. The molecule has 0 spiro atoms. The minimum absolute atomic E-state index is 1.12. The molecule has 108 valence electrons. The van der Waals surface area contributed by atoms with Crippen molar-refractivity contribution in [3.8, 4) is 0 Å². The number of anilines is 1. The van der Waals surface area contributed by atoms with Crippen LogP contribution in [0.15, 0.2) is 24.3 Å². The van der Waals surface area contributed by atoms with Crippen molar-refractivity contribution in [2.45, 2.75) is 26.2 Å². The van der Waals surface area contributed by atoms with Crippen molar-refractivity contribution in [3.05, 3.63) is 24.3 Å². The third-order valence-corrected chi connectivity index (χ3v) is 5.10. The van der Waals surface area contributed by atoms with Gasteiger partial charge in [-0.05, 0) is 25.1 Å². The quantitative estimate of drug-likeness (QED) is 0.784. The average Bonchev–Trinajstić information content (AvgIpc) is 2.92. The van der Waals surface area contributed by atoms with Crippen molar-refractivity contribution in [2.75, 3.05) is 37.6 Å². The van der Waals surface area contributed by atoms with E-state index in [0.717, 1.165) is 18.6 Å². The van der Waals surface area contributed by atoms with Gasteiger partial charge in [-0.25, -0.2) is 4.98 Å². The first-order chi connectivity index (χ1) is 9.86. The van der Waals surface area contributed by atoms with Crippen LogP contribution in [-0.2, 0) is 0 Å². The van der Waals surface area contributed by atoms with E-state index in [9.17, 15) is 0 Å². The predicted molar refractivity (Wildman–Crippen MR) is 87.8 cm³/mol. The van der Waals surface area contributed by atoms with Gasteiger partial charge in [0.05, 0.1) is 10.2 Å². The van der Waals surface area contributed by atoms with Gasteiger partial charge < -0.3 is 4.90 Å². The number of fused-ring (bicyclic) bond motifs is 1. The largest absolute Gasteiger partial charge is 0.345 e. The summed E-state index contributed by atoms with van der Waals surface area (Å²) in [4.78, 5) is 9.80. The Bertz CT molecular complexity index is 510. The van der Waals surface area contributed by atoms with Gasteiger partial charge in [0.25, 0.3) is 0 Å². The van der Waals surface area contributed by atoms with Crippen molar-refractivity contribution >= 4 is 26.7 Å². The zero-order valence-electron chi connectivity index (χ0n) is 12.2. The maximum atomic E-state index is 4.76. The molecule has 1 aromatic carbocycles. The molecule has 0 radical (unpaired) electrons. The smallest absolute Gasteiger partial charge is 0.186 e. The molecule has 1 aliphatic heterocycles. The molecule has 0 N–H and O–H groups in total. The number of para-hydroxylation sites is 1. The molecule has 3 nitrogen and oxygen atoms in total. The second-order valence-electron chi connectivity index (χ2n) is 5.50. The van der Waals surface area contributed by atoms with Crippen LogP contribution in [0.2, 0.25) is 0 Å². The molecule has 0 saturated carbocycles. The van der Waals surface area contributed by atoms with Crippen LogP contribution in [0.25, 0.3) is 10.2 Å². The van der Waals surface area contributed by atoms with Crippen LogP contribution < -0.4 is 4.90 Å². The second-order valence-corrected chi connectivity index (χ2v) is 6.51. The SMILES string of the molecule is CCCCCN1CCN(c2nc3ccccc3s2)CC1. The maximum Gasteiger partial charge on any atom is 0.186 e. The Morgan fingerprint density at radius 2 is 1.90 bits per heavy atom. The first-order valence-electron chi connectivity index (χ1n) is 7.69. The first kappa shape index (κ1) is 13.8. The molecule has 0 atom stereocenters. The van der Waals surface area contributed by atoms with Gasteiger partial charge in [0.15, 0.2) is 5.13 Å². The summed E-state index contributed by atoms with van der Waals surface area (Å²) < 4.78 is 1.30. The maximum absolute atomic E-state index is 4.76. The van der Waals surface area contributed by atoms with Gasteiger partial charge in [-0.3, -0.25) is 4.90 Å². The highest BCUT2D eigenvalue weighted by molar-refractivity contribution is 7.22. The van der Waals surface area contributed by atoms with Crippen LogP contribution in [0.3, 0.4) is 0 Å². The zero-order chi connectivity index (χ0) is 13.8. The Morgan fingerprint density at radius 1 is 1.10 bits per heavy atom. The molecule has 1 saturated heterocycles. The molecule has 4 heteroatoms. The van der Waals surface area contributed by atoms with E-state index in [1.165, 1.54) is 48.7 Å². The summed E-state index contributed by atoms with van der Waals surface area (Å²) in [6.45, 7) is 8.13. The molecule has 2 heterocycles. The molecular formula is C16H23N3S. The minimum Gasteiger partial charge on any atom is -0.345 e.